The van der Waals surface area contributed by atoms with Crippen LogP contribution in [0.5, 0.6) is 5.75 Å². The lowest BCUT2D eigenvalue weighted by atomic mass is 10.0. The van der Waals surface area contributed by atoms with Crippen LogP contribution in [0.4, 0.5) is 0 Å². The number of hydrogen-bond donors (Lipinski definition) is 1. The van der Waals surface area contributed by atoms with Gasteiger partial charge in [0, 0.05) is 19.1 Å². The standard InChI is InChI=1S/C18H26N2O2.ClH/c1-22-17-4-2-3-15(11-17)12-18(21)20-9-7-16(8-10-20)19-13-14-5-6-14;/h2-4,11,14,16,19H,5-10,12-13H2,1H3;1H. The van der Waals surface area contributed by atoms with Crippen LogP contribution < -0.4 is 10.1 Å². The molecule has 0 spiro atoms. The highest BCUT2D eigenvalue weighted by atomic mass is 35.5. The molecular formula is C18H27ClN2O2. The van der Waals surface area contributed by atoms with E-state index in [1.54, 1.807) is 7.11 Å². The van der Waals surface area contributed by atoms with E-state index in [1.165, 1.54) is 19.4 Å². The summed E-state index contributed by atoms with van der Waals surface area (Å²) in [5.41, 5.74) is 1.03. The fourth-order valence-corrected chi connectivity index (χ4v) is 3.06. The first kappa shape index (κ1) is 18.1. The van der Waals surface area contributed by atoms with Crippen LogP contribution in [0.25, 0.3) is 0 Å². The van der Waals surface area contributed by atoms with Crippen LogP contribution in [0, 0.1) is 5.92 Å². The maximum atomic E-state index is 12.4. The molecule has 0 bridgehead atoms. The van der Waals surface area contributed by atoms with E-state index in [0.717, 1.165) is 43.2 Å². The number of amides is 1. The van der Waals surface area contributed by atoms with Crippen LogP contribution in [-0.2, 0) is 11.2 Å². The number of benzene rings is 1. The Kier molecular flexibility index (Phi) is 6.72. The van der Waals surface area contributed by atoms with Crippen molar-refractivity contribution in [3.8, 4) is 5.75 Å². The number of methoxy groups -OCH3 is 1. The van der Waals surface area contributed by atoms with Crippen molar-refractivity contribution >= 4 is 18.3 Å². The van der Waals surface area contributed by atoms with Crippen molar-refractivity contribution in [2.24, 2.45) is 5.92 Å². The molecule has 1 heterocycles. The molecule has 128 valence electrons. The smallest absolute Gasteiger partial charge is 0.226 e. The van der Waals surface area contributed by atoms with Gasteiger partial charge in [0.15, 0.2) is 0 Å². The fourth-order valence-electron chi connectivity index (χ4n) is 3.06. The zero-order chi connectivity index (χ0) is 15.4. The summed E-state index contributed by atoms with van der Waals surface area (Å²) in [5.74, 6) is 1.97. The van der Waals surface area contributed by atoms with Gasteiger partial charge in [-0.1, -0.05) is 12.1 Å². The molecule has 1 saturated carbocycles. The number of nitrogens with one attached hydrogen (secondary N) is 1. The lowest BCUT2D eigenvalue weighted by molar-refractivity contribution is -0.131. The molecular weight excluding hydrogens is 312 g/mol. The van der Waals surface area contributed by atoms with E-state index in [9.17, 15) is 4.79 Å². The molecule has 0 unspecified atom stereocenters. The minimum Gasteiger partial charge on any atom is -0.497 e. The van der Waals surface area contributed by atoms with Gasteiger partial charge in [0.05, 0.1) is 13.5 Å². The highest BCUT2D eigenvalue weighted by Gasteiger charge is 2.25. The molecule has 2 fully saturated rings. The van der Waals surface area contributed by atoms with E-state index in [0.29, 0.717) is 12.5 Å². The molecule has 1 saturated heterocycles. The molecule has 0 radical (unpaired) electrons. The third kappa shape index (κ3) is 5.40. The van der Waals surface area contributed by atoms with Gasteiger partial charge in [-0.2, -0.15) is 0 Å². The number of likely N-dealkylation sites (tertiary alicyclic amines) is 1. The lowest BCUT2D eigenvalue weighted by Crippen LogP contribution is -2.45. The van der Waals surface area contributed by atoms with Gasteiger partial charge in [-0.3, -0.25) is 4.79 Å². The maximum Gasteiger partial charge on any atom is 0.226 e. The summed E-state index contributed by atoms with van der Waals surface area (Å²) in [6, 6.07) is 8.38. The van der Waals surface area contributed by atoms with E-state index in [1.807, 2.05) is 29.2 Å². The molecule has 1 aromatic carbocycles. The molecule has 23 heavy (non-hydrogen) atoms. The zero-order valence-electron chi connectivity index (χ0n) is 13.8. The largest absolute Gasteiger partial charge is 0.497 e. The number of hydrogen-bond acceptors (Lipinski definition) is 3. The Morgan fingerprint density at radius 2 is 2.00 bits per heavy atom. The maximum absolute atomic E-state index is 12.4. The molecule has 5 heteroatoms. The normalized spacial score (nSPS) is 18.4. The van der Waals surface area contributed by atoms with Crippen LogP contribution in [0.3, 0.4) is 0 Å². The van der Waals surface area contributed by atoms with Gasteiger partial charge in [-0.15, -0.1) is 12.4 Å². The quantitative estimate of drug-likeness (QED) is 0.867. The Hall–Kier alpha value is -1.26. The predicted octanol–water partition coefficient (Wildman–Crippen LogP) is 2.65. The van der Waals surface area contributed by atoms with E-state index < -0.39 is 0 Å². The fraction of sp³-hybridized carbons (Fsp3) is 0.611. The van der Waals surface area contributed by atoms with Gasteiger partial charge in [0.2, 0.25) is 5.91 Å². The zero-order valence-corrected chi connectivity index (χ0v) is 14.6. The van der Waals surface area contributed by atoms with Gasteiger partial charge < -0.3 is 15.0 Å². The summed E-state index contributed by atoms with van der Waals surface area (Å²) in [4.78, 5) is 14.4. The third-order valence-electron chi connectivity index (χ3n) is 4.73. The van der Waals surface area contributed by atoms with Crippen molar-refractivity contribution in [1.29, 1.82) is 0 Å². The Labute approximate surface area is 145 Å². The van der Waals surface area contributed by atoms with Crippen LogP contribution in [-0.4, -0.2) is 43.6 Å². The van der Waals surface area contributed by atoms with Gasteiger partial charge >= 0.3 is 0 Å². The molecule has 2 aliphatic rings. The van der Waals surface area contributed by atoms with Crippen LogP contribution in [0.1, 0.15) is 31.2 Å². The highest BCUT2D eigenvalue weighted by Crippen LogP contribution is 2.28. The molecule has 1 aliphatic heterocycles. The number of ether oxygens (including phenoxy) is 1. The van der Waals surface area contributed by atoms with Crippen molar-refractivity contribution in [2.45, 2.75) is 38.1 Å². The Morgan fingerprint density at radius 1 is 1.26 bits per heavy atom. The average molecular weight is 339 g/mol. The minimum atomic E-state index is 0. The number of carbonyl (C=O) groups is 1. The number of halogens is 1. The second-order valence-electron chi connectivity index (χ2n) is 6.53. The third-order valence-corrected chi connectivity index (χ3v) is 4.73. The van der Waals surface area contributed by atoms with Crippen molar-refractivity contribution in [3.63, 3.8) is 0 Å². The Bertz CT molecular complexity index is 511. The molecule has 1 amide bonds. The van der Waals surface area contributed by atoms with Crippen LogP contribution >= 0.6 is 12.4 Å². The first-order valence-corrected chi connectivity index (χ1v) is 8.38. The van der Waals surface area contributed by atoms with E-state index in [4.69, 9.17) is 4.74 Å². The summed E-state index contributed by atoms with van der Waals surface area (Å²) in [6.07, 6.45) is 5.42. The molecule has 0 atom stereocenters. The molecule has 3 rings (SSSR count). The molecule has 4 nitrogen and oxygen atoms in total. The van der Waals surface area contributed by atoms with E-state index in [-0.39, 0.29) is 18.3 Å². The molecule has 1 aliphatic carbocycles. The second kappa shape index (κ2) is 8.55. The van der Waals surface area contributed by atoms with Gasteiger partial charge in [-0.05, 0) is 55.8 Å². The van der Waals surface area contributed by atoms with Gasteiger partial charge in [0.1, 0.15) is 5.75 Å². The van der Waals surface area contributed by atoms with Crippen LogP contribution in [0.15, 0.2) is 24.3 Å². The van der Waals surface area contributed by atoms with E-state index in [2.05, 4.69) is 5.32 Å². The number of carbonyl (C=O) groups excluding carboxylic acids is 1. The number of nitrogens with zero attached hydrogens (tertiary/aromatic N) is 1. The highest BCUT2D eigenvalue weighted by molar-refractivity contribution is 5.85. The minimum absolute atomic E-state index is 0. The van der Waals surface area contributed by atoms with Gasteiger partial charge in [0.25, 0.3) is 0 Å². The second-order valence-corrected chi connectivity index (χ2v) is 6.53. The monoisotopic (exact) mass is 338 g/mol. The first-order valence-electron chi connectivity index (χ1n) is 8.38. The van der Waals surface area contributed by atoms with Crippen molar-refractivity contribution in [2.75, 3.05) is 26.7 Å². The molecule has 1 aromatic rings. The van der Waals surface area contributed by atoms with Crippen molar-refractivity contribution in [3.05, 3.63) is 29.8 Å². The summed E-state index contributed by atoms with van der Waals surface area (Å²) in [5, 5.41) is 3.65. The number of piperidine rings is 1. The summed E-state index contributed by atoms with van der Waals surface area (Å²) < 4.78 is 5.21. The van der Waals surface area contributed by atoms with Crippen molar-refractivity contribution < 1.29 is 9.53 Å². The Morgan fingerprint density at radius 3 is 2.65 bits per heavy atom. The lowest BCUT2D eigenvalue weighted by Gasteiger charge is -2.32. The van der Waals surface area contributed by atoms with Crippen LogP contribution in [0.2, 0.25) is 0 Å². The van der Waals surface area contributed by atoms with Gasteiger partial charge in [-0.25, -0.2) is 0 Å². The van der Waals surface area contributed by atoms with Crippen molar-refractivity contribution in [1.82, 2.24) is 10.2 Å². The first-order chi connectivity index (χ1) is 10.7. The predicted molar refractivity (Wildman–Crippen MR) is 94.3 cm³/mol. The molecule has 1 N–H and O–H groups in total. The van der Waals surface area contributed by atoms with E-state index >= 15 is 0 Å². The topological polar surface area (TPSA) is 41.6 Å². The summed E-state index contributed by atoms with van der Waals surface area (Å²) >= 11 is 0. The Balaban J connectivity index is 0.00000192. The SMILES string of the molecule is COc1cccc(CC(=O)N2CCC(NCC3CC3)CC2)c1.Cl. The average Bonchev–Trinajstić information content (AvgIpc) is 3.38. The summed E-state index contributed by atoms with van der Waals surface area (Å²) in [7, 11) is 1.65. The molecule has 0 aromatic heterocycles. The summed E-state index contributed by atoms with van der Waals surface area (Å²) in [6.45, 7) is 2.93. The number of rotatable bonds is 6.